The number of amides is 1. The molecule has 0 aliphatic carbocycles. The zero-order valence-electron chi connectivity index (χ0n) is 50.3. The van der Waals surface area contributed by atoms with Crippen LogP contribution < -0.4 is 5.32 Å². The van der Waals surface area contributed by atoms with Gasteiger partial charge in [0.2, 0.25) is 5.91 Å². The molecule has 9 N–H and O–H groups in total. The first-order valence-electron chi connectivity index (χ1n) is 32.5. The van der Waals surface area contributed by atoms with Crippen LogP contribution in [0.5, 0.6) is 0 Å². The molecule has 0 bridgehead atoms. The van der Waals surface area contributed by atoms with Gasteiger partial charge < -0.3 is 65.1 Å². The summed E-state index contributed by atoms with van der Waals surface area (Å²) in [4.78, 5) is 13.3. The number of carbonyl (C=O) groups is 1. The standard InChI is InChI=1S/C66H119NO13/c1-3-5-7-9-11-13-15-17-19-20-21-22-23-24-25-26-27-28-29-30-31-32-33-34-36-38-40-42-44-46-48-50-58(71)67-54(55(70)49-47-45-43-41-39-37-35-18-16-14-12-10-8-6-4-2)53-77-65-63(76)61(74)64(57(52-69)79-65)80-66-62(75)60(73)59(72)56(51-68)78-66/h15-18,20-21,39,41,47,49,54-57,59-66,68-70,72-76H,3-14,19,22-38,40,42-46,48,50-53H2,1-2H3,(H,67,71)/b17-15-,18-16+,21-20-,41-39+,49-47+. The van der Waals surface area contributed by atoms with Crippen molar-refractivity contribution < 1.29 is 64.6 Å². The molecule has 0 spiro atoms. The van der Waals surface area contributed by atoms with Crippen molar-refractivity contribution in [3.8, 4) is 0 Å². The summed E-state index contributed by atoms with van der Waals surface area (Å²) >= 11 is 0. The molecule has 0 aromatic carbocycles. The Morgan fingerprint density at radius 3 is 1.30 bits per heavy atom. The van der Waals surface area contributed by atoms with E-state index in [1.54, 1.807) is 6.08 Å². The third-order valence-corrected chi connectivity index (χ3v) is 15.7. The molecule has 2 aliphatic rings. The van der Waals surface area contributed by atoms with Crippen molar-refractivity contribution in [2.75, 3.05) is 19.8 Å². The van der Waals surface area contributed by atoms with Gasteiger partial charge in [0.15, 0.2) is 12.6 Å². The van der Waals surface area contributed by atoms with Gasteiger partial charge in [0, 0.05) is 6.42 Å². The van der Waals surface area contributed by atoms with Crippen LogP contribution in [0, 0.1) is 0 Å². The summed E-state index contributed by atoms with van der Waals surface area (Å²) < 4.78 is 22.8. The molecule has 12 unspecified atom stereocenters. The third kappa shape index (κ3) is 35.7. The van der Waals surface area contributed by atoms with Crippen LogP contribution in [-0.2, 0) is 23.7 Å². The lowest BCUT2D eigenvalue weighted by Crippen LogP contribution is -2.65. The van der Waals surface area contributed by atoms with E-state index in [1.165, 1.54) is 173 Å². The minimum absolute atomic E-state index is 0.252. The summed E-state index contributed by atoms with van der Waals surface area (Å²) in [7, 11) is 0. The van der Waals surface area contributed by atoms with Crippen molar-refractivity contribution in [3.05, 3.63) is 60.8 Å². The molecule has 2 heterocycles. The van der Waals surface area contributed by atoms with Crippen LogP contribution in [0.2, 0.25) is 0 Å². The largest absolute Gasteiger partial charge is 0.394 e. The first-order valence-corrected chi connectivity index (χ1v) is 32.5. The fraction of sp³-hybridized carbons (Fsp3) is 0.833. The quantitative estimate of drug-likeness (QED) is 0.0204. The zero-order chi connectivity index (χ0) is 58.1. The molecular formula is C66H119NO13. The van der Waals surface area contributed by atoms with E-state index < -0.39 is 86.8 Å². The Morgan fingerprint density at radius 2 is 0.838 bits per heavy atom. The zero-order valence-corrected chi connectivity index (χ0v) is 50.3. The number of rotatable bonds is 52. The lowest BCUT2D eigenvalue weighted by Gasteiger charge is -2.46. The van der Waals surface area contributed by atoms with E-state index in [0.717, 1.165) is 51.4 Å². The Balaban J connectivity index is 1.67. The Hall–Kier alpha value is -2.31. The molecule has 1 amide bonds. The number of allylic oxidation sites excluding steroid dienone is 9. The average Bonchev–Trinajstić information content (AvgIpc) is 3.46. The maximum absolute atomic E-state index is 13.3. The molecule has 0 saturated carbocycles. The van der Waals surface area contributed by atoms with Gasteiger partial charge in [-0.1, -0.05) is 235 Å². The molecular weight excluding hydrogens is 1010 g/mol. The van der Waals surface area contributed by atoms with Crippen LogP contribution >= 0.6 is 0 Å². The van der Waals surface area contributed by atoms with E-state index in [4.69, 9.17) is 18.9 Å². The molecule has 12 atom stereocenters. The Labute approximate surface area is 486 Å². The Kier molecular flexibility index (Phi) is 47.2. The highest BCUT2D eigenvalue weighted by molar-refractivity contribution is 5.76. The summed E-state index contributed by atoms with van der Waals surface area (Å²) in [6.07, 6.45) is 49.9. The Morgan fingerprint density at radius 1 is 0.450 bits per heavy atom. The lowest BCUT2D eigenvalue weighted by molar-refractivity contribution is -0.359. The van der Waals surface area contributed by atoms with Gasteiger partial charge in [-0.15, -0.1) is 0 Å². The topological polar surface area (TPSA) is 228 Å². The minimum atomic E-state index is -1.79. The van der Waals surface area contributed by atoms with Gasteiger partial charge in [0.05, 0.1) is 32.0 Å². The van der Waals surface area contributed by atoms with Gasteiger partial charge in [-0.3, -0.25) is 4.79 Å². The normalized spacial score (nSPS) is 24.6. The molecule has 0 aromatic heterocycles. The predicted molar refractivity (Wildman–Crippen MR) is 323 cm³/mol. The summed E-state index contributed by atoms with van der Waals surface area (Å²) in [6, 6.07) is -0.938. The van der Waals surface area contributed by atoms with Crippen molar-refractivity contribution in [2.24, 2.45) is 0 Å². The molecule has 2 saturated heterocycles. The summed E-state index contributed by atoms with van der Waals surface area (Å²) in [5, 5.41) is 87.1. The molecule has 0 aromatic rings. The second kappa shape index (κ2) is 51.1. The second-order valence-corrected chi connectivity index (χ2v) is 22.9. The van der Waals surface area contributed by atoms with E-state index in [-0.39, 0.29) is 18.9 Å². The van der Waals surface area contributed by atoms with E-state index >= 15 is 0 Å². The molecule has 0 radical (unpaired) electrons. The molecule has 2 fully saturated rings. The summed E-state index contributed by atoms with van der Waals surface area (Å²) in [6.45, 7) is 2.76. The van der Waals surface area contributed by atoms with E-state index in [9.17, 15) is 45.6 Å². The third-order valence-electron chi connectivity index (χ3n) is 15.7. The van der Waals surface area contributed by atoms with Crippen molar-refractivity contribution in [1.82, 2.24) is 5.32 Å². The highest BCUT2D eigenvalue weighted by atomic mass is 16.7. The van der Waals surface area contributed by atoms with Crippen LogP contribution in [0.1, 0.15) is 258 Å². The number of unbranched alkanes of at least 4 members (excludes halogenated alkanes) is 31. The van der Waals surface area contributed by atoms with Gasteiger partial charge in [0.25, 0.3) is 0 Å². The SMILES string of the molecule is CCCCCCC/C=C\C/C=C\CCCCCCCCCCCCCCCCCCCCCC(=O)NC(COC1OC(CO)C(OC2OC(CO)C(O)C(O)C2O)C(O)C1O)C(O)/C=C/CC/C=C/CC/C=C/CCCCCCC. The van der Waals surface area contributed by atoms with Crippen molar-refractivity contribution in [2.45, 2.75) is 331 Å². The monoisotopic (exact) mass is 1130 g/mol. The van der Waals surface area contributed by atoms with Gasteiger partial charge in [-0.05, 0) is 77.0 Å². The lowest BCUT2D eigenvalue weighted by atomic mass is 9.97. The molecule has 14 nitrogen and oxygen atoms in total. The number of hydrogen-bond acceptors (Lipinski definition) is 13. The second-order valence-electron chi connectivity index (χ2n) is 22.9. The smallest absolute Gasteiger partial charge is 0.220 e. The summed E-state index contributed by atoms with van der Waals surface area (Å²) in [5.74, 6) is -0.252. The molecule has 14 heteroatoms. The number of aliphatic hydroxyl groups excluding tert-OH is 8. The number of hydrogen-bond donors (Lipinski definition) is 9. The van der Waals surface area contributed by atoms with Crippen molar-refractivity contribution in [3.63, 3.8) is 0 Å². The minimum Gasteiger partial charge on any atom is -0.394 e. The van der Waals surface area contributed by atoms with Crippen LogP contribution in [0.25, 0.3) is 0 Å². The molecule has 2 aliphatic heterocycles. The van der Waals surface area contributed by atoms with Crippen LogP contribution in [-0.4, -0.2) is 140 Å². The fourth-order valence-electron chi connectivity index (χ4n) is 10.4. The van der Waals surface area contributed by atoms with Gasteiger partial charge in [0.1, 0.15) is 48.8 Å². The first-order chi connectivity index (χ1) is 39.1. The van der Waals surface area contributed by atoms with Crippen LogP contribution in [0.15, 0.2) is 60.8 Å². The van der Waals surface area contributed by atoms with Gasteiger partial charge in [-0.2, -0.15) is 0 Å². The van der Waals surface area contributed by atoms with Crippen molar-refractivity contribution >= 4 is 5.91 Å². The van der Waals surface area contributed by atoms with Crippen LogP contribution in [0.4, 0.5) is 0 Å². The number of aliphatic hydroxyl groups is 8. The van der Waals surface area contributed by atoms with Crippen molar-refractivity contribution in [1.29, 1.82) is 0 Å². The molecule has 80 heavy (non-hydrogen) atoms. The van der Waals surface area contributed by atoms with E-state index in [2.05, 4.69) is 67.8 Å². The number of carbonyl (C=O) groups excluding carboxylic acids is 1. The average molecular weight is 1130 g/mol. The number of nitrogens with one attached hydrogen (secondary N) is 1. The maximum atomic E-state index is 13.3. The summed E-state index contributed by atoms with van der Waals surface area (Å²) in [5.41, 5.74) is 0. The molecule has 2 rings (SSSR count). The Bertz CT molecular complexity index is 1570. The van der Waals surface area contributed by atoms with E-state index in [0.29, 0.717) is 12.8 Å². The van der Waals surface area contributed by atoms with E-state index in [1.807, 2.05) is 6.08 Å². The predicted octanol–water partition coefficient (Wildman–Crippen LogP) is 12.1. The van der Waals surface area contributed by atoms with Gasteiger partial charge in [-0.25, -0.2) is 0 Å². The first kappa shape index (κ1) is 73.8. The highest BCUT2D eigenvalue weighted by Gasteiger charge is 2.51. The van der Waals surface area contributed by atoms with Gasteiger partial charge >= 0.3 is 0 Å². The maximum Gasteiger partial charge on any atom is 0.220 e. The fourth-order valence-corrected chi connectivity index (χ4v) is 10.4. The van der Waals surface area contributed by atoms with Crippen LogP contribution in [0.3, 0.4) is 0 Å². The number of ether oxygens (including phenoxy) is 4. The molecule has 466 valence electrons. The highest BCUT2D eigenvalue weighted by Crippen LogP contribution is 2.30.